The predicted octanol–water partition coefficient (Wildman–Crippen LogP) is 1.18. The number of rotatable bonds is 6. The lowest BCUT2D eigenvalue weighted by Gasteiger charge is -2.36. The van der Waals surface area contributed by atoms with Crippen LogP contribution in [0.1, 0.15) is 19.8 Å². The Morgan fingerprint density at radius 3 is 3.00 bits per heavy atom. The maximum atomic E-state index is 5.57. The highest BCUT2D eigenvalue weighted by molar-refractivity contribution is 7.99. The molecule has 1 heterocycles. The summed E-state index contributed by atoms with van der Waals surface area (Å²) in [6.45, 7) is 6.34. The third-order valence-electron chi connectivity index (χ3n) is 2.89. The molecule has 0 aromatic carbocycles. The van der Waals surface area contributed by atoms with Crippen molar-refractivity contribution < 1.29 is 4.74 Å². The van der Waals surface area contributed by atoms with Gasteiger partial charge in [0, 0.05) is 37.2 Å². The molecule has 1 aliphatic rings. The van der Waals surface area contributed by atoms with Crippen molar-refractivity contribution >= 4 is 11.8 Å². The molecule has 2 unspecified atom stereocenters. The molecule has 1 saturated heterocycles. The Morgan fingerprint density at radius 1 is 1.60 bits per heavy atom. The second-order valence-corrected chi connectivity index (χ2v) is 5.76. The fourth-order valence-electron chi connectivity index (χ4n) is 2.09. The zero-order valence-corrected chi connectivity index (χ0v) is 10.8. The molecule has 4 heteroatoms. The Hall–Kier alpha value is 0.230. The van der Waals surface area contributed by atoms with Gasteiger partial charge in [0.2, 0.25) is 0 Å². The minimum absolute atomic E-state index is 0.571. The summed E-state index contributed by atoms with van der Waals surface area (Å²) in [7, 11) is 1.79. The summed E-state index contributed by atoms with van der Waals surface area (Å²) in [5, 5.41) is 0.760. The molecular weight excluding hydrogens is 208 g/mol. The van der Waals surface area contributed by atoms with Gasteiger partial charge in [-0.25, -0.2) is 0 Å². The maximum absolute atomic E-state index is 5.57. The molecule has 0 saturated carbocycles. The van der Waals surface area contributed by atoms with Gasteiger partial charge in [-0.3, -0.25) is 4.90 Å². The molecular formula is C11H24N2OS. The number of methoxy groups -OCH3 is 1. The molecule has 0 radical (unpaired) electrons. The van der Waals surface area contributed by atoms with E-state index in [1.54, 1.807) is 7.11 Å². The topological polar surface area (TPSA) is 38.5 Å². The average molecular weight is 232 g/mol. The first-order valence-electron chi connectivity index (χ1n) is 5.82. The van der Waals surface area contributed by atoms with Crippen LogP contribution in [0.5, 0.6) is 0 Å². The van der Waals surface area contributed by atoms with E-state index in [9.17, 15) is 0 Å². The van der Waals surface area contributed by atoms with Crippen LogP contribution in [0.2, 0.25) is 0 Å². The molecule has 0 amide bonds. The lowest BCUT2D eigenvalue weighted by Crippen LogP contribution is -2.46. The van der Waals surface area contributed by atoms with Crippen molar-refractivity contribution in [3.63, 3.8) is 0 Å². The number of thioether (sulfide) groups is 1. The molecule has 15 heavy (non-hydrogen) atoms. The summed E-state index contributed by atoms with van der Waals surface area (Å²) in [4.78, 5) is 2.57. The van der Waals surface area contributed by atoms with E-state index in [1.807, 2.05) is 0 Å². The van der Waals surface area contributed by atoms with E-state index in [0.717, 1.165) is 24.8 Å². The van der Waals surface area contributed by atoms with Gasteiger partial charge in [0.15, 0.2) is 0 Å². The van der Waals surface area contributed by atoms with Crippen molar-refractivity contribution in [1.82, 2.24) is 4.90 Å². The van der Waals surface area contributed by atoms with E-state index in [0.29, 0.717) is 6.04 Å². The van der Waals surface area contributed by atoms with Crippen LogP contribution in [0, 0.1) is 0 Å². The third-order valence-corrected chi connectivity index (χ3v) is 4.03. The minimum Gasteiger partial charge on any atom is -0.383 e. The molecule has 0 aromatic heterocycles. The Labute approximate surface area is 97.7 Å². The molecule has 2 atom stereocenters. The molecule has 90 valence electrons. The normalized spacial score (nSPS) is 25.4. The van der Waals surface area contributed by atoms with E-state index >= 15 is 0 Å². The molecule has 0 spiro atoms. The summed E-state index contributed by atoms with van der Waals surface area (Å²) < 4.78 is 5.30. The quantitative estimate of drug-likeness (QED) is 0.746. The SMILES string of the molecule is COCC(CCCN)N1CCSC(C)C1. The molecule has 1 rings (SSSR count). The van der Waals surface area contributed by atoms with Gasteiger partial charge in [0.25, 0.3) is 0 Å². The van der Waals surface area contributed by atoms with Crippen LogP contribution in [0.4, 0.5) is 0 Å². The van der Waals surface area contributed by atoms with Crippen LogP contribution >= 0.6 is 11.8 Å². The Kier molecular flexibility index (Phi) is 6.64. The summed E-state index contributed by atoms with van der Waals surface area (Å²) in [6, 6.07) is 0.571. The monoisotopic (exact) mass is 232 g/mol. The lowest BCUT2D eigenvalue weighted by atomic mass is 10.1. The molecule has 0 bridgehead atoms. The van der Waals surface area contributed by atoms with E-state index < -0.39 is 0 Å². The molecule has 3 nitrogen and oxygen atoms in total. The Bertz CT molecular complexity index is 169. The van der Waals surface area contributed by atoms with Crippen molar-refractivity contribution in [2.24, 2.45) is 5.73 Å². The summed E-state index contributed by atoms with van der Waals surface area (Å²) in [5.41, 5.74) is 5.57. The van der Waals surface area contributed by atoms with Gasteiger partial charge in [0.1, 0.15) is 0 Å². The zero-order chi connectivity index (χ0) is 11.1. The second kappa shape index (κ2) is 7.49. The Balaban J connectivity index is 2.38. The summed E-state index contributed by atoms with van der Waals surface area (Å²) >= 11 is 2.07. The molecule has 1 fully saturated rings. The fourth-order valence-corrected chi connectivity index (χ4v) is 3.13. The number of ether oxygens (including phenoxy) is 1. The second-order valence-electron chi connectivity index (χ2n) is 4.22. The van der Waals surface area contributed by atoms with Crippen LogP contribution < -0.4 is 5.73 Å². The standard InChI is InChI=1S/C11H24N2OS/c1-10-8-13(6-7-15-10)11(9-14-2)4-3-5-12/h10-11H,3-9,12H2,1-2H3. The van der Waals surface area contributed by atoms with Crippen LogP contribution in [0.25, 0.3) is 0 Å². The van der Waals surface area contributed by atoms with Gasteiger partial charge in [0.05, 0.1) is 6.61 Å². The highest BCUT2D eigenvalue weighted by atomic mass is 32.2. The maximum Gasteiger partial charge on any atom is 0.0618 e. The van der Waals surface area contributed by atoms with Gasteiger partial charge in [-0.2, -0.15) is 11.8 Å². The van der Waals surface area contributed by atoms with Gasteiger partial charge >= 0.3 is 0 Å². The first-order valence-corrected chi connectivity index (χ1v) is 6.87. The van der Waals surface area contributed by atoms with Crippen molar-refractivity contribution in [3.05, 3.63) is 0 Å². The Morgan fingerprint density at radius 2 is 2.40 bits per heavy atom. The van der Waals surface area contributed by atoms with Crippen molar-refractivity contribution in [2.75, 3.05) is 39.1 Å². The van der Waals surface area contributed by atoms with E-state index in [-0.39, 0.29) is 0 Å². The lowest BCUT2D eigenvalue weighted by molar-refractivity contribution is 0.0868. The highest BCUT2D eigenvalue weighted by Crippen LogP contribution is 2.21. The van der Waals surface area contributed by atoms with Crippen molar-refractivity contribution in [1.29, 1.82) is 0 Å². The molecule has 0 aliphatic carbocycles. The van der Waals surface area contributed by atoms with E-state index in [2.05, 4.69) is 23.6 Å². The van der Waals surface area contributed by atoms with Gasteiger partial charge in [-0.05, 0) is 19.4 Å². The smallest absolute Gasteiger partial charge is 0.0618 e. The summed E-state index contributed by atoms with van der Waals surface area (Å²) in [6.07, 6.45) is 2.27. The predicted molar refractivity (Wildman–Crippen MR) is 67.4 cm³/mol. The third kappa shape index (κ3) is 4.72. The number of hydrogen-bond acceptors (Lipinski definition) is 4. The first kappa shape index (κ1) is 13.3. The van der Waals surface area contributed by atoms with E-state index in [1.165, 1.54) is 25.3 Å². The van der Waals surface area contributed by atoms with Gasteiger partial charge in [-0.1, -0.05) is 6.92 Å². The number of nitrogens with zero attached hydrogens (tertiary/aromatic N) is 1. The number of nitrogens with two attached hydrogens (primary N) is 1. The highest BCUT2D eigenvalue weighted by Gasteiger charge is 2.23. The first-order chi connectivity index (χ1) is 7.27. The van der Waals surface area contributed by atoms with Crippen LogP contribution in [-0.2, 0) is 4.74 Å². The molecule has 2 N–H and O–H groups in total. The van der Waals surface area contributed by atoms with Gasteiger partial charge in [-0.15, -0.1) is 0 Å². The van der Waals surface area contributed by atoms with E-state index in [4.69, 9.17) is 10.5 Å². The van der Waals surface area contributed by atoms with Crippen molar-refractivity contribution in [3.8, 4) is 0 Å². The average Bonchev–Trinajstić information content (AvgIpc) is 2.24. The number of hydrogen-bond donors (Lipinski definition) is 1. The van der Waals surface area contributed by atoms with Crippen LogP contribution in [-0.4, -0.2) is 55.3 Å². The van der Waals surface area contributed by atoms with Crippen LogP contribution in [0.3, 0.4) is 0 Å². The van der Waals surface area contributed by atoms with Gasteiger partial charge < -0.3 is 10.5 Å². The molecule has 0 aromatic rings. The molecule has 1 aliphatic heterocycles. The van der Waals surface area contributed by atoms with Crippen molar-refractivity contribution in [2.45, 2.75) is 31.1 Å². The summed E-state index contributed by atoms with van der Waals surface area (Å²) in [5.74, 6) is 1.25. The largest absolute Gasteiger partial charge is 0.383 e. The fraction of sp³-hybridized carbons (Fsp3) is 1.00. The van der Waals surface area contributed by atoms with Crippen LogP contribution in [0.15, 0.2) is 0 Å². The minimum atomic E-state index is 0.571. The zero-order valence-electron chi connectivity index (χ0n) is 9.95.